The Hall–Kier alpha value is -3.39. The fourth-order valence-electron chi connectivity index (χ4n) is 4.79. The van der Waals surface area contributed by atoms with Crippen LogP contribution in [-0.2, 0) is 19.3 Å². The fourth-order valence-corrected chi connectivity index (χ4v) is 8.73. The molecule has 210 valence electrons. The topological polar surface area (TPSA) is 0 Å². The second-order valence-corrected chi connectivity index (χ2v) is 12.7. The van der Waals surface area contributed by atoms with Crippen molar-refractivity contribution in [2.45, 2.75) is 90.2 Å². The first-order chi connectivity index (χ1) is 20.5. The van der Waals surface area contributed by atoms with E-state index in [0.29, 0.717) is 0 Å². The van der Waals surface area contributed by atoms with Crippen LogP contribution in [0.1, 0.15) is 74.9 Å². The minimum atomic E-state index is 0.971. The minimum absolute atomic E-state index is 0.971. The van der Waals surface area contributed by atoms with Gasteiger partial charge in [0.2, 0.25) is 0 Å². The van der Waals surface area contributed by atoms with Gasteiger partial charge in [-0.05, 0) is 130 Å². The van der Waals surface area contributed by atoms with Gasteiger partial charge in [0, 0.05) is 46.1 Å². The van der Waals surface area contributed by atoms with E-state index < -0.39 is 0 Å². The van der Waals surface area contributed by atoms with Crippen LogP contribution in [0.15, 0.2) is 102 Å². The van der Waals surface area contributed by atoms with Crippen LogP contribution in [0.25, 0.3) is 0 Å². The zero-order valence-electron chi connectivity index (χ0n) is 25.3. The fraction of sp³-hybridized carbons (Fsp3) is 0.231. The number of hydrogen-bond donors (Lipinski definition) is 0. The van der Waals surface area contributed by atoms with Gasteiger partial charge in [-0.3, -0.25) is 0 Å². The van der Waals surface area contributed by atoms with Crippen LogP contribution >= 0.6 is 35.3 Å². The summed E-state index contributed by atoms with van der Waals surface area (Å²) in [6, 6.07) is 26.0. The molecule has 0 aromatic heterocycles. The molecule has 4 rings (SSSR count). The summed E-state index contributed by atoms with van der Waals surface area (Å²) < 4.78 is 0. The lowest BCUT2D eigenvalue weighted by atomic mass is 10.00. The molecule has 0 aliphatic carbocycles. The predicted molar refractivity (Wildman–Crippen MR) is 184 cm³/mol. The average molecular weight is 601 g/mol. The summed E-state index contributed by atoms with van der Waals surface area (Å²) in [4.78, 5) is 7.88. The maximum absolute atomic E-state index is 3.17. The molecule has 0 amide bonds. The van der Waals surface area contributed by atoms with Crippen LogP contribution in [0.5, 0.6) is 0 Å². The molecule has 4 aromatic rings. The van der Waals surface area contributed by atoms with E-state index in [4.69, 9.17) is 0 Å². The molecule has 3 heteroatoms. The van der Waals surface area contributed by atoms with Crippen LogP contribution in [0.2, 0.25) is 0 Å². The third kappa shape index (κ3) is 7.71. The third-order valence-corrected chi connectivity index (χ3v) is 10.4. The van der Waals surface area contributed by atoms with Gasteiger partial charge in [-0.25, -0.2) is 0 Å². The van der Waals surface area contributed by atoms with Gasteiger partial charge in [-0.1, -0.05) is 73.8 Å². The molecule has 0 saturated heterocycles. The van der Waals surface area contributed by atoms with Crippen molar-refractivity contribution in [3.05, 3.63) is 106 Å². The van der Waals surface area contributed by atoms with Gasteiger partial charge in [0.05, 0.1) is 0 Å². The Morgan fingerprint density at radius 1 is 0.405 bits per heavy atom. The van der Waals surface area contributed by atoms with Crippen molar-refractivity contribution >= 4 is 35.3 Å². The van der Waals surface area contributed by atoms with Crippen LogP contribution in [0, 0.1) is 35.5 Å². The van der Waals surface area contributed by atoms with Crippen LogP contribution in [-0.4, -0.2) is 0 Å². The number of hydrogen-bond acceptors (Lipinski definition) is 3. The minimum Gasteiger partial charge on any atom is -0.101 e. The highest BCUT2D eigenvalue weighted by atomic mass is 32.2. The molecule has 0 atom stereocenters. The highest BCUT2D eigenvalue weighted by molar-refractivity contribution is 8.01. The van der Waals surface area contributed by atoms with E-state index in [0.717, 1.165) is 36.0 Å². The third-order valence-electron chi connectivity index (χ3n) is 6.74. The van der Waals surface area contributed by atoms with Crippen molar-refractivity contribution in [3.8, 4) is 35.5 Å². The molecule has 0 fully saturated rings. The maximum atomic E-state index is 3.17. The maximum Gasteiger partial charge on any atom is 0.0245 e. The first kappa shape index (κ1) is 31.5. The smallest absolute Gasteiger partial charge is 0.0245 e. The van der Waals surface area contributed by atoms with Gasteiger partial charge in [0.25, 0.3) is 0 Å². The summed E-state index contributed by atoms with van der Waals surface area (Å²) in [5.74, 6) is 18.5. The van der Waals surface area contributed by atoms with E-state index in [9.17, 15) is 0 Å². The van der Waals surface area contributed by atoms with Gasteiger partial charge in [0.15, 0.2) is 0 Å². The highest BCUT2D eigenvalue weighted by Crippen LogP contribution is 2.49. The molecular weight excluding hydrogens is 565 g/mol. The lowest BCUT2D eigenvalue weighted by Gasteiger charge is -2.25. The monoisotopic (exact) mass is 600 g/mol. The van der Waals surface area contributed by atoms with Crippen LogP contribution in [0.4, 0.5) is 0 Å². The Morgan fingerprint density at radius 2 is 0.643 bits per heavy atom. The van der Waals surface area contributed by atoms with Crippen molar-refractivity contribution in [1.29, 1.82) is 0 Å². The summed E-state index contributed by atoms with van der Waals surface area (Å²) >= 11 is 5.68. The molecular formula is C39H36S3. The van der Waals surface area contributed by atoms with E-state index in [2.05, 4.69) is 129 Å². The molecule has 0 aliphatic rings. The number of rotatable bonds is 9. The molecule has 0 heterocycles. The van der Waals surface area contributed by atoms with E-state index in [-0.39, 0.29) is 0 Å². The Morgan fingerprint density at radius 3 is 0.833 bits per heavy atom. The Bertz CT molecular complexity index is 1480. The van der Waals surface area contributed by atoms with Crippen molar-refractivity contribution < 1.29 is 0 Å². The van der Waals surface area contributed by atoms with Crippen molar-refractivity contribution in [3.63, 3.8) is 0 Å². The van der Waals surface area contributed by atoms with E-state index in [1.54, 1.807) is 0 Å². The molecule has 0 bridgehead atoms. The second kappa shape index (κ2) is 15.7. The zero-order valence-corrected chi connectivity index (χ0v) is 27.7. The quantitative estimate of drug-likeness (QED) is 0.175. The molecule has 42 heavy (non-hydrogen) atoms. The second-order valence-electron chi connectivity index (χ2n) is 9.49. The van der Waals surface area contributed by atoms with Gasteiger partial charge >= 0.3 is 0 Å². The zero-order chi connectivity index (χ0) is 29.9. The van der Waals surface area contributed by atoms with E-state index in [1.165, 1.54) is 46.1 Å². The molecule has 0 aliphatic heterocycles. The van der Waals surface area contributed by atoms with Crippen molar-refractivity contribution in [2.24, 2.45) is 0 Å². The Balaban J connectivity index is 1.89. The predicted octanol–water partition coefficient (Wildman–Crippen LogP) is 10.9. The summed E-state index contributed by atoms with van der Waals surface area (Å²) in [5.41, 5.74) is 7.46. The molecule has 0 nitrogen and oxygen atoms in total. The standard InChI is InChI=1S/C39H36S3/c1-7-13-28-16-22-31(23-17-28)40-37-34(10-4)38(41-32-24-18-29(14-8-2)19-25-32)36(12-6)39(35(37)11-5)42-33-26-20-30(15-9-3)21-27-33/h16-27H,10-12H2,1-6H3. The lowest BCUT2D eigenvalue weighted by molar-refractivity contribution is 0.875. The summed E-state index contributed by atoms with van der Waals surface area (Å²) in [6.45, 7) is 12.5. The largest absolute Gasteiger partial charge is 0.101 e. The molecule has 0 spiro atoms. The summed E-state index contributed by atoms with van der Waals surface area (Å²) in [6.07, 6.45) is 2.91. The highest BCUT2D eigenvalue weighted by Gasteiger charge is 2.24. The van der Waals surface area contributed by atoms with Gasteiger partial charge < -0.3 is 0 Å². The molecule has 0 unspecified atom stereocenters. The van der Waals surface area contributed by atoms with Crippen LogP contribution < -0.4 is 0 Å². The first-order valence-electron chi connectivity index (χ1n) is 14.4. The Labute approximate surface area is 265 Å². The van der Waals surface area contributed by atoms with E-state index >= 15 is 0 Å². The molecule has 4 aromatic carbocycles. The Kier molecular flexibility index (Phi) is 11.8. The molecule has 0 N–H and O–H groups in total. The SMILES string of the molecule is CC#Cc1ccc(Sc2c(CC)c(Sc3ccc(C#CC)cc3)c(CC)c(Sc3ccc(C#CC)cc3)c2CC)cc1. The summed E-state index contributed by atoms with van der Waals surface area (Å²) in [5, 5.41) is 0. The average Bonchev–Trinajstić information content (AvgIpc) is 3.01. The first-order valence-corrected chi connectivity index (χ1v) is 16.8. The van der Waals surface area contributed by atoms with Gasteiger partial charge in [0.1, 0.15) is 0 Å². The van der Waals surface area contributed by atoms with Crippen molar-refractivity contribution in [1.82, 2.24) is 0 Å². The molecule has 0 saturated carbocycles. The van der Waals surface area contributed by atoms with Crippen molar-refractivity contribution in [2.75, 3.05) is 0 Å². The normalized spacial score (nSPS) is 10.1. The molecule has 0 radical (unpaired) electrons. The van der Waals surface area contributed by atoms with Crippen LogP contribution in [0.3, 0.4) is 0 Å². The van der Waals surface area contributed by atoms with Gasteiger partial charge in [-0.2, -0.15) is 0 Å². The number of benzene rings is 4. The lowest BCUT2D eigenvalue weighted by Crippen LogP contribution is -2.05. The van der Waals surface area contributed by atoms with E-state index in [1.807, 2.05) is 56.1 Å². The summed E-state index contributed by atoms with van der Waals surface area (Å²) in [7, 11) is 0. The van der Waals surface area contributed by atoms with Gasteiger partial charge in [-0.15, -0.1) is 17.8 Å².